The summed E-state index contributed by atoms with van der Waals surface area (Å²) in [5.41, 5.74) is 5.17. The molecular formula is C29H37N3O. The van der Waals surface area contributed by atoms with Crippen LogP contribution in [0.15, 0.2) is 59.9 Å². The largest absolute Gasteiger partial charge is 0.305 e. The topological polar surface area (TPSA) is 38.1 Å². The molecule has 174 valence electrons. The molecule has 2 unspecified atom stereocenters. The summed E-state index contributed by atoms with van der Waals surface area (Å²) < 4.78 is 1.93. The first-order valence-corrected chi connectivity index (χ1v) is 12.5. The van der Waals surface area contributed by atoms with E-state index in [-0.39, 0.29) is 5.56 Å². The molecule has 33 heavy (non-hydrogen) atoms. The van der Waals surface area contributed by atoms with E-state index >= 15 is 0 Å². The summed E-state index contributed by atoms with van der Waals surface area (Å²) in [4.78, 5) is 21.0. The zero-order valence-corrected chi connectivity index (χ0v) is 20.4. The standard InChI is InChI=1S/C29H37N3O/c1-21(2)24-14-11-15-25(20-24)28-29(33)32(27-17-7-6-16-26(27)30-28)19-9-5-8-18-31-22(3)12-10-13-23(31)4/h6-7,11,14-17,20,22-23H,1,5,8-10,12-13,18-19H2,2-4H3. The highest BCUT2D eigenvalue weighted by Gasteiger charge is 2.23. The summed E-state index contributed by atoms with van der Waals surface area (Å²) in [5, 5.41) is 0. The van der Waals surface area contributed by atoms with Crippen LogP contribution in [0, 0.1) is 0 Å². The van der Waals surface area contributed by atoms with Crippen LogP contribution in [0.5, 0.6) is 0 Å². The van der Waals surface area contributed by atoms with Gasteiger partial charge in [0.25, 0.3) is 5.56 Å². The van der Waals surface area contributed by atoms with Crippen molar-refractivity contribution in [2.45, 2.75) is 77.9 Å². The Kier molecular flexibility index (Phi) is 7.44. The lowest BCUT2D eigenvalue weighted by Gasteiger charge is -2.39. The van der Waals surface area contributed by atoms with Gasteiger partial charge >= 0.3 is 0 Å². The second kappa shape index (κ2) is 10.5. The second-order valence-electron chi connectivity index (χ2n) is 9.69. The van der Waals surface area contributed by atoms with Gasteiger partial charge in [-0.2, -0.15) is 0 Å². The van der Waals surface area contributed by atoms with E-state index in [9.17, 15) is 4.79 Å². The van der Waals surface area contributed by atoms with Gasteiger partial charge in [0.15, 0.2) is 0 Å². The number of aryl methyl sites for hydroxylation is 1. The van der Waals surface area contributed by atoms with Crippen molar-refractivity contribution in [2.75, 3.05) is 6.54 Å². The minimum atomic E-state index is -0.00848. The lowest BCUT2D eigenvalue weighted by atomic mass is 9.97. The first-order valence-electron chi connectivity index (χ1n) is 12.5. The van der Waals surface area contributed by atoms with Crippen molar-refractivity contribution >= 4 is 16.6 Å². The molecule has 0 aliphatic carbocycles. The molecule has 0 bridgehead atoms. The molecule has 4 nitrogen and oxygen atoms in total. The van der Waals surface area contributed by atoms with E-state index in [4.69, 9.17) is 4.98 Å². The Morgan fingerprint density at radius 1 is 1.00 bits per heavy atom. The fraction of sp³-hybridized carbons (Fsp3) is 0.448. The minimum absolute atomic E-state index is 0.00848. The maximum atomic E-state index is 13.5. The summed E-state index contributed by atoms with van der Waals surface area (Å²) in [6.45, 7) is 12.6. The zero-order valence-electron chi connectivity index (χ0n) is 20.4. The normalized spacial score (nSPS) is 19.1. The SMILES string of the molecule is C=C(C)c1cccc(-c2nc3ccccc3n(CCCCCN3C(C)CCCC3C)c2=O)c1. The molecule has 2 aromatic carbocycles. The Morgan fingerprint density at radius 3 is 2.48 bits per heavy atom. The molecular weight excluding hydrogens is 406 g/mol. The number of unbranched alkanes of at least 4 members (excludes halogenated alkanes) is 2. The number of para-hydroxylation sites is 2. The number of hydrogen-bond acceptors (Lipinski definition) is 3. The molecule has 1 aliphatic rings. The van der Waals surface area contributed by atoms with E-state index in [0.29, 0.717) is 17.8 Å². The second-order valence-corrected chi connectivity index (χ2v) is 9.69. The molecule has 0 saturated carbocycles. The molecule has 1 saturated heterocycles. The van der Waals surface area contributed by atoms with Gasteiger partial charge in [-0.1, -0.05) is 55.3 Å². The number of benzene rings is 2. The van der Waals surface area contributed by atoms with E-state index in [1.54, 1.807) is 0 Å². The first kappa shape index (κ1) is 23.4. The molecule has 0 radical (unpaired) electrons. The zero-order chi connectivity index (χ0) is 23.4. The lowest BCUT2D eigenvalue weighted by Crippen LogP contribution is -2.44. The van der Waals surface area contributed by atoms with E-state index in [2.05, 4.69) is 25.3 Å². The van der Waals surface area contributed by atoms with Crippen molar-refractivity contribution in [1.82, 2.24) is 14.5 Å². The van der Waals surface area contributed by atoms with Crippen LogP contribution in [0.2, 0.25) is 0 Å². The quantitative estimate of drug-likeness (QED) is 0.372. The Balaban J connectivity index is 1.52. The Labute approximate surface area is 198 Å². The third-order valence-electron chi connectivity index (χ3n) is 7.16. The summed E-state index contributed by atoms with van der Waals surface area (Å²) in [7, 11) is 0. The summed E-state index contributed by atoms with van der Waals surface area (Å²) >= 11 is 0. The first-order chi connectivity index (χ1) is 16.0. The minimum Gasteiger partial charge on any atom is -0.305 e. The molecule has 0 spiro atoms. The Bertz CT molecular complexity index is 1170. The van der Waals surface area contributed by atoms with Crippen LogP contribution < -0.4 is 5.56 Å². The van der Waals surface area contributed by atoms with Crippen molar-refractivity contribution in [2.24, 2.45) is 0 Å². The van der Waals surface area contributed by atoms with Gasteiger partial charge in [-0.15, -0.1) is 0 Å². The predicted molar refractivity (Wildman–Crippen MR) is 139 cm³/mol. The number of likely N-dealkylation sites (tertiary alicyclic amines) is 1. The fourth-order valence-electron chi connectivity index (χ4n) is 5.19. The van der Waals surface area contributed by atoms with Gasteiger partial charge in [0, 0.05) is 24.2 Å². The number of aromatic nitrogens is 2. The smallest absolute Gasteiger partial charge is 0.277 e. The number of nitrogens with zero attached hydrogens (tertiary/aromatic N) is 3. The van der Waals surface area contributed by atoms with Crippen molar-refractivity contribution in [3.63, 3.8) is 0 Å². The molecule has 1 aliphatic heterocycles. The van der Waals surface area contributed by atoms with Gasteiger partial charge in [-0.25, -0.2) is 4.98 Å². The summed E-state index contributed by atoms with van der Waals surface area (Å²) in [5.74, 6) is 0. The average molecular weight is 444 g/mol. The Morgan fingerprint density at radius 2 is 1.73 bits per heavy atom. The van der Waals surface area contributed by atoms with Crippen LogP contribution in [0.1, 0.15) is 64.9 Å². The van der Waals surface area contributed by atoms with Gasteiger partial charge in [-0.05, 0) is 76.8 Å². The third kappa shape index (κ3) is 5.27. The number of allylic oxidation sites excluding steroid dienone is 1. The van der Waals surface area contributed by atoms with Gasteiger partial charge in [0.05, 0.1) is 11.0 Å². The molecule has 3 aromatic rings. The van der Waals surface area contributed by atoms with E-state index in [1.807, 2.05) is 60.0 Å². The van der Waals surface area contributed by atoms with Crippen molar-refractivity contribution < 1.29 is 0 Å². The lowest BCUT2D eigenvalue weighted by molar-refractivity contribution is 0.101. The molecule has 0 amide bonds. The number of fused-ring (bicyclic) bond motifs is 1. The summed E-state index contributed by atoms with van der Waals surface area (Å²) in [6, 6.07) is 17.3. The maximum absolute atomic E-state index is 13.5. The van der Waals surface area contributed by atoms with Crippen LogP contribution in [-0.2, 0) is 6.54 Å². The highest BCUT2D eigenvalue weighted by molar-refractivity contribution is 5.78. The molecule has 4 rings (SSSR count). The number of piperidine rings is 1. The van der Waals surface area contributed by atoms with E-state index in [1.165, 1.54) is 25.7 Å². The highest BCUT2D eigenvalue weighted by Crippen LogP contribution is 2.24. The molecule has 4 heteroatoms. The summed E-state index contributed by atoms with van der Waals surface area (Å²) in [6.07, 6.45) is 7.29. The third-order valence-corrected chi connectivity index (χ3v) is 7.16. The van der Waals surface area contributed by atoms with Crippen molar-refractivity contribution in [1.29, 1.82) is 0 Å². The Hall–Kier alpha value is -2.72. The van der Waals surface area contributed by atoms with E-state index in [0.717, 1.165) is 53.7 Å². The van der Waals surface area contributed by atoms with E-state index < -0.39 is 0 Å². The van der Waals surface area contributed by atoms with Crippen LogP contribution in [0.3, 0.4) is 0 Å². The predicted octanol–water partition coefficient (Wildman–Crippen LogP) is 6.53. The monoisotopic (exact) mass is 443 g/mol. The molecule has 1 aromatic heterocycles. The van der Waals surface area contributed by atoms with Gasteiger partial charge in [0.2, 0.25) is 0 Å². The molecule has 2 heterocycles. The fourth-order valence-corrected chi connectivity index (χ4v) is 5.19. The molecule has 1 fully saturated rings. The van der Waals surface area contributed by atoms with Crippen LogP contribution in [0.25, 0.3) is 27.9 Å². The maximum Gasteiger partial charge on any atom is 0.277 e. The van der Waals surface area contributed by atoms with Gasteiger partial charge < -0.3 is 4.57 Å². The molecule has 0 N–H and O–H groups in total. The highest BCUT2D eigenvalue weighted by atomic mass is 16.1. The van der Waals surface area contributed by atoms with Crippen molar-refractivity contribution in [3.8, 4) is 11.3 Å². The van der Waals surface area contributed by atoms with Gasteiger partial charge in [-0.3, -0.25) is 9.69 Å². The molecule has 2 atom stereocenters. The van der Waals surface area contributed by atoms with Gasteiger partial charge in [0.1, 0.15) is 5.69 Å². The number of hydrogen-bond donors (Lipinski definition) is 0. The average Bonchev–Trinajstić information content (AvgIpc) is 2.81. The number of rotatable bonds is 8. The van der Waals surface area contributed by atoms with Crippen molar-refractivity contribution in [3.05, 3.63) is 71.0 Å². The van der Waals surface area contributed by atoms with Crippen LogP contribution in [-0.4, -0.2) is 33.1 Å². The van der Waals surface area contributed by atoms with Crippen LogP contribution in [0.4, 0.5) is 0 Å². The van der Waals surface area contributed by atoms with Crippen LogP contribution >= 0.6 is 0 Å².